The van der Waals surface area contributed by atoms with Gasteiger partial charge >= 0.3 is 6.61 Å². The predicted molar refractivity (Wildman–Crippen MR) is 90.3 cm³/mol. The Bertz CT molecular complexity index is 569. The number of nitrogens with one attached hydrogen (secondary N) is 1. The van der Waals surface area contributed by atoms with E-state index in [2.05, 4.69) is 10.1 Å². The molecule has 0 unspecified atom stereocenters. The predicted octanol–water partition coefficient (Wildman–Crippen LogP) is 2.09. The first kappa shape index (κ1) is 21.4. The maximum atomic E-state index is 12.5. The molecular weight excluding hydrogens is 358 g/mol. The SMILES string of the molecule is COc1ccc(CNC(=O)C2(CN)CCOCC2)cc1OC(F)F.Cl. The van der Waals surface area contributed by atoms with Crippen LogP contribution < -0.4 is 20.5 Å². The van der Waals surface area contributed by atoms with E-state index < -0.39 is 12.0 Å². The van der Waals surface area contributed by atoms with Crippen LogP contribution in [-0.4, -0.2) is 39.4 Å². The second-order valence-electron chi connectivity index (χ2n) is 5.64. The lowest BCUT2D eigenvalue weighted by molar-refractivity contribution is -0.136. The van der Waals surface area contributed by atoms with Crippen molar-refractivity contribution in [2.24, 2.45) is 11.1 Å². The molecule has 6 nitrogen and oxygen atoms in total. The highest BCUT2D eigenvalue weighted by atomic mass is 35.5. The summed E-state index contributed by atoms with van der Waals surface area (Å²) in [7, 11) is 1.37. The molecule has 1 amide bonds. The third-order valence-corrected chi connectivity index (χ3v) is 4.22. The zero-order valence-electron chi connectivity index (χ0n) is 13.9. The lowest BCUT2D eigenvalue weighted by Gasteiger charge is -2.34. The van der Waals surface area contributed by atoms with Crippen molar-refractivity contribution >= 4 is 18.3 Å². The van der Waals surface area contributed by atoms with Crippen molar-refractivity contribution in [2.75, 3.05) is 26.9 Å². The maximum Gasteiger partial charge on any atom is 0.387 e. The monoisotopic (exact) mass is 380 g/mol. The third-order valence-electron chi connectivity index (χ3n) is 4.22. The number of rotatable bonds is 7. The van der Waals surface area contributed by atoms with Gasteiger partial charge in [0.25, 0.3) is 0 Å². The van der Waals surface area contributed by atoms with Crippen molar-refractivity contribution in [1.82, 2.24) is 5.32 Å². The first-order chi connectivity index (χ1) is 11.5. The molecule has 0 aliphatic carbocycles. The number of nitrogens with two attached hydrogens (primary N) is 1. The highest BCUT2D eigenvalue weighted by Gasteiger charge is 2.38. The normalized spacial score (nSPS) is 16.0. The number of ether oxygens (including phenoxy) is 3. The number of carbonyl (C=O) groups is 1. The fraction of sp³-hybridized carbons (Fsp3) is 0.562. The van der Waals surface area contributed by atoms with Gasteiger partial charge in [0.15, 0.2) is 11.5 Å². The summed E-state index contributed by atoms with van der Waals surface area (Å²) in [6.45, 7) is -1.53. The van der Waals surface area contributed by atoms with Gasteiger partial charge in [-0.15, -0.1) is 12.4 Å². The summed E-state index contributed by atoms with van der Waals surface area (Å²) in [6, 6.07) is 4.62. The van der Waals surface area contributed by atoms with E-state index in [-0.39, 0.29) is 42.9 Å². The molecule has 1 fully saturated rings. The van der Waals surface area contributed by atoms with E-state index in [1.165, 1.54) is 19.2 Å². The first-order valence-corrected chi connectivity index (χ1v) is 7.68. The summed E-state index contributed by atoms with van der Waals surface area (Å²) in [5, 5.41) is 2.82. The van der Waals surface area contributed by atoms with Crippen molar-refractivity contribution in [3.63, 3.8) is 0 Å². The van der Waals surface area contributed by atoms with Gasteiger partial charge < -0.3 is 25.3 Å². The van der Waals surface area contributed by atoms with E-state index in [9.17, 15) is 13.6 Å². The van der Waals surface area contributed by atoms with E-state index in [0.717, 1.165) is 0 Å². The number of hydrogen-bond donors (Lipinski definition) is 2. The van der Waals surface area contributed by atoms with E-state index in [1.54, 1.807) is 6.07 Å². The third kappa shape index (κ3) is 5.42. The molecule has 0 bridgehead atoms. The van der Waals surface area contributed by atoms with Gasteiger partial charge in [-0.1, -0.05) is 6.07 Å². The highest BCUT2D eigenvalue weighted by molar-refractivity contribution is 5.85. The Labute approximate surface area is 151 Å². The van der Waals surface area contributed by atoms with Crippen LogP contribution in [0.2, 0.25) is 0 Å². The summed E-state index contributed by atoms with van der Waals surface area (Å²) < 4.78 is 39.6. The van der Waals surface area contributed by atoms with E-state index in [4.69, 9.17) is 15.2 Å². The van der Waals surface area contributed by atoms with Gasteiger partial charge in [-0.25, -0.2) is 0 Å². The summed E-state index contributed by atoms with van der Waals surface area (Å²) in [6.07, 6.45) is 1.13. The molecule has 2 rings (SSSR count). The number of alkyl halides is 2. The van der Waals surface area contributed by atoms with Gasteiger partial charge in [-0.3, -0.25) is 4.79 Å². The zero-order valence-corrected chi connectivity index (χ0v) is 14.7. The lowest BCUT2D eigenvalue weighted by Crippen LogP contribution is -2.48. The molecule has 3 N–H and O–H groups in total. The highest BCUT2D eigenvalue weighted by Crippen LogP contribution is 2.31. The maximum absolute atomic E-state index is 12.5. The fourth-order valence-corrected chi connectivity index (χ4v) is 2.68. The van der Waals surface area contributed by atoms with Crippen LogP contribution >= 0.6 is 12.4 Å². The number of carbonyl (C=O) groups excluding carboxylic acids is 1. The van der Waals surface area contributed by atoms with Crippen LogP contribution in [0.25, 0.3) is 0 Å². The summed E-state index contributed by atoms with van der Waals surface area (Å²) in [5.74, 6) is -0.0208. The summed E-state index contributed by atoms with van der Waals surface area (Å²) in [5.41, 5.74) is 5.78. The van der Waals surface area contributed by atoms with E-state index >= 15 is 0 Å². The van der Waals surface area contributed by atoms with Crippen molar-refractivity contribution in [3.05, 3.63) is 23.8 Å². The molecule has 1 saturated heterocycles. The Morgan fingerprint density at radius 2 is 2.04 bits per heavy atom. The Kier molecular flexibility index (Phi) is 8.34. The van der Waals surface area contributed by atoms with Crippen LogP contribution in [0.4, 0.5) is 8.78 Å². The summed E-state index contributed by atoms with van der Waals surface area (Å²) in [4.78, 5) is 12.5. The molecule has 1 aromatic carbocycles. The molecule has 0 radical (unpaired) electrons. The van der Waals surface area contributed by atoms with Gasteiger partial charge in [0.05, 0.1) is 12.5 Å². The Balaban J connectivity index is 0.00000312. The van der Waals surface area contributed by atoms with Crippen LogP contribution in [0.15, 0.2) is 18.2 Å². The fourth-order valence-electron chi connectivity index (χ4n) is 2.68. The lowest BCUT2D eigenvalue weighted by atomic mass is 9.79. The van der Waals surface area contributed by atoms with E-state index in [1.807, 2.05) is 0 Å². The van der Waals surface area contributed by atoms with E-state index in [0.29, 0.717) is 31.6 Å². The molecule has 1 aliphatic rings. The molecule has 25 heavy (non-hydrogen) atoms. The Morgan fingerprint density at radius 3 is 2.60 bits per heavy atom. The van der Waals surface area contributed by atoms with Gasteiger partial charge in [-0.05, 0) is 30.5 Å². The molecular formula is C16H23ClF2N2O4. The number of halogens is 3. The smallest absolute Gasteiger partial charge is 0.387 e. The van der Waals surface area contributed by atoms with Crippen molar-refractivity contribution < 1.29 is 27.8 Å². The molecule has 1 aliphatic heterocycles. The van der Waals surface area contributed by atoms with Crippen LogP contribution in [-0.2, 0) is 16.1 Å². The van der Waals surface area contributed by atoms with Crippen LogP contribution in [0.1, 0.15) is 18.4 Å². The van der Waals surface area contributed by atoms with Gasteiger partial charge in [0, 0.05) is 26.3 Å². The minimum absolute atomic E-state index is 0. The van der Waals surface area contributed by atoms with Gasteiger partial charge in [0.1, 0.15) is 0 Å². The van der Waals surface area contributed by atoms with Crippen LogP contribution in [0.5, 0.6) is 11.5 Å². The average molecular weight is 381 g/mol. The molecule has 142 valence electrons. The molecule has 0 saturated carbocycles. The molecule has 0 spiro atoms. The quantitative estimate of drug-likeness (QED) is 0.756. The Morgan fingerprint density at radius 1 is 1.36 bits per heavy atom. The number of amides is 1. The number of methoxy groups -OCH3 is 1. The minimum Gasteiger partial charge on any atom is -0.493 e. The molecule has 1 heterocycles. The van der Waals surface area contributed by atoms with Crippen LogP contribution in [0, 0.1) is 5.41 Å². The van der Waals surface area contributed by atoms with Crippen molar-refractivity contribution in [2.45, 2.75) is 26.0 Å². The standard InChI is InChI=1S/C16H22F2N2O4.ClH/c1-22-12-3-2-11(8-13(12)24-15(17)18)9-20-14(21)16(10-19)4-6-23-7-5-16;/h2-3,8,15H,4-7,9-10,19H2,1H3,(H,20,21);1H. The average Bonchev–Trinajstić information content (AvgIpc) is 2.59. The van der Waals surface area contributed by atoms with Crippen molar-refractivity contribution in [1.29, 1.82) is 0 Å². The minimum atomic E-state index is -2.95. The number of hydrogen-bond acceptors (Lipinski definition) is 5. The first-order valence-electron chi connectivity index (χ1n) is 7.68. The second kappa shape index (κ2) is 9.74. The summed E-state index contributed by atoms with van der Waals surface area (Å²) >= 11 is 0. The topological polar surface area (TPSA) is 82.8 Å². The van der Waals surface area contributed by atoms with Crippen molar-refractivity contribution in [3.8, 4) is 11.5 Å². The van der Waals surface area contributed by atoms with Crippen LogP contribution in [0.3, 0.4) is 0 Å². The second-order valence-corrected chi connectivity index (χ2v) is 5.64. The number of benzene rings is 1. The largest absolute Gasteiger partial charge is 0.493 e. The molecule has 1 aromatic rings. The van der Waals surface area contributed by atoms with Gasteiger partial charge in [0.2, 0.25) is 5.91 Å². The zero-order chi connectivity index (χ0) is 17.6. The van der Waals surface area contributed by atoms with Gasteiger partial charge in [-0.2, -0.15) is 8.78 Å². The molecule has 0 aromatic heterocycles. The molecule has 0 atom stereocenters. The molecule has 9 heteroatoms. The Hall–Kier alpha value is -1.64.